The summed E-state index contributed by atoms with van der Waals surface area (Å²) in [6, 6.07) is 0. The van der Waals surface area contributed by atoms with Gasteiger partial charge in [-0.2, -0.15) is 0 Å². The summed E-state index contributed by atoms with van der Waals surface area (Å²) in [6.07, 6.45) is 6.92. The molecule has 0 radical (unpaired) electrons. The molecule has 0 aliphatic carbocycles. The molecular formula is C14H23N3O. The smallest absolute Gasteiger partial charge is 0.109 e. The number of aromatic nitrogens is 2. The topological polar surface area (TPSA) is 53.1 Å². The first-order valence-electron chi connectivity index (χ1n) is 7.26. The molecule has 0 spiro atoms. The van der Waals surface area contributed by atoms with E-state index in [0.717, 1.165) is 52.0 Å². The molecule has 1 aromatic heterocycles. The van der Waals surface area contributed by atoms with E-state index < -0.39 is 0 Å². The van der Waals surface area contributed by atoms with Crippen LogP contribution in [0.4, 0.5) is 0 Å². The van der Waals surface area contributed by atoms with Gasteiger partial charge in [-0.1, -0.05) is 0 Å². The highest BCUT2D eigenvalue weighted by molar-refractivity contribution is 5.23. The van der Waals surface area contributed by atoms with Gasteiger partial charge in [-0.3, -0.25) is 0 Å². The Morgan fingerprint density at radius 3 is 2.89 bits per heavy atom. The van der Waals surface area contributed by atoms with Gasteiger partial charge in [-0.05, 0) is 32.2 Å². The number of hydrogen-bond acceptors (Lipinski definition) is 3. The quantitative estimate of drug-likeness (QED) is 0.885. The second-order valence-corrected chi connectivity index (χ2v) is 5.39. The minimum absolute atomic E-state index is 0.596. The molecule has 3 heterocycles. The van der Waals surface area contributed by atoms with Crippen LogP contribution in [0.15, 0.2) is 0 Å². The van der Waals surface area contributed by atoms with Crippen molar-refractivity contribution in [3.63, 3.8) is 0 Å². The van der Waals surface area contributed by atoms with Crippen LogP contribution in [0.25, 0.3) is 0 Å². The molecule has 0 aromatic carbocycles. The van der Waals surface area contributed by atoms with E-state index in [4.69, 9.17) is 15.5 Å². The van der Waals surface area contributed by atoms with E-state index >= 15 is 0 Å². The Balaban J connectivity index is 1.93. The van der Waals surface area contributed by atoms with E-state index in [-0.39, 0.29) is 0 Å². The van der Waals surface area contributed by atoms with Crippen molar-refractivity contribution in [2.45, 2.75) is 51.0 Å². The van der Waals surface area contributed by atoms with Crippen LogP contribution in [0.2, 0.25) is 0 Å². The van der Waals surface area contributed by atoms with Crippen molar-refractivity contribution in [1.29, 1.82) is 0 Å². The van der Waals surface area contributed by atoms with Crippen molar-refractivity contribution < 1.29 is 4.74 Å². The van der Waals surface area contributed by atoms with Crippen LogP contribution >= 0.6 is 0 Å². The molecule has 2 aliphatic heterocycles. The second-order valence-electron chi connectivity index (χ2n) is 5.39. The number of fused-ring (bicyclic) bond motifs is 1. The molecule has 2 aliphatic rings. The lowest BCUT2D eigenvalue weighted by Crippen LogP contribution is -2.18. The molecule has 1 saturated heterocycles. The summed E-state index contributed by atoms with van der Waals surface area (Å²) in [7, 11) is 0. The molecule has 0 saturated carbocycles. The molecule has 3 rings (SSSR count). The summed E-state index contributed by atoms with van der Waals surface area (Å²) < 4.78 is 7.91. The first-order chi connectivity index (χ1) is 8.90. The maximum absolute atomic E-state index is 5.79. The zero-order valence-corrected chi connectivity index (χ0v) is 11.0. The summed E-state index contributed by atoms with van der Waals surface area (Å²) >= 11 is 0. The van der Waals surface area contributed by atoms with E-state index in [2.05, 4.69) is 4.57 Å². The monoisotopic (exact) mass is 249 g/mol. The lowest BCUT2D eigenvalue weighted by Gasteiger charge is -2.22. The molecule has 1 aromatic rings. The molecule has 2 N–H and O–H groups in total. The third kappa shape index (κ3) is 2.19. The lowest BCUT2D eigenvalue weighted by molar-refractivity contribution is 0.0843. The van der Waals surface area contributed by atoms with Crippen LogP contribution in [0.1, 0.15) is 48.8 Å². The number of nitrogens with zero attached hydrogens (tertiary/aromatic N) is 2. The van der Waals surface area contributed by atoms with Crippen LogP contribution in [-0.4, -0.2) is 29.3 Å². The van der Waals surface area contributed by atoms with Gasteiger partial charge >= 0.3 is 0 Å². The maximum atomic E-state index is 5.79. The molecule has 4 nitrogen and oxygen atoms in total. The Kier molecular flexibility index (Phi) is 3.66. The Bertz CT molecular complexity index is 407. The van der Waals surface area contributed by atoms with Crippen molar-refractivity contribution in [1.82, 2.24) is 9.55 Å². The molecular weight excluding hydrogens is 226 g/mol. The van der Waals surface area contributed by atoms with Crippen LogP contribution in [0.3, 0.4) is 0 Å². The average Bonchev–Trinajstić information content (AvgIpc) is 2.80. The van der Waals surface area contributed by atoms with E-state index in [1.165, 1.54) is 30.1 Å². The van der Waals surface area contributed by atoms with E-state index in [1.54, 1.807) is 0 Å². The molecule has 18 heavy (non-hydrogen) atoms. The average molecular weight is 249 g/mol. The minimum Gasteiger partial charge on any atom is -0.381 e. The van der Waals surface area contributed by atoms with Gasteiger partial charge in [0.05, 0.1) is 5.69 Å². The first kappa shape index (κ1) is 12.2. The third-order valence-electron chi connectivity index (χ3n) is 4.20. The summed E-state index contributed by atoms with van der Waals surface area (Å²) in [6.45, 7) is 3.63. The molecule has 0 atom stereocenters. The van der Waals surface area contributed by atoms with Crippen LogP contribution in [-0.2, 0) is 24.1 Å². The van der Waals surface area contributed by atoms with Crippen molar-refractivity contribution in [2.24, 2.45) is 5.73 Å². The largest absolute Gasteiger partial charge is 0.381 e. The normalized spacial score (nSPS) is 20.9. The number of rotatable bonds is 3. The van der Waals surface area contributed by atoms with Crippen molar-refractivity contribution in [2.75, 3.05) is 19.8 Å². The highest BCUT2D eigenvalue weighted by atomic mass is 16.5. The summed E-state index contributed by atoms with van der Waals surface area (Å²) in [5.41, 5.74) is 8.54. The zero-order valence-electron chi connectivity index (χ0n) is 11.0. The molecule has 4 heteroatoms. The Labute approximate surface area is 109 Å². The molecule has 0 amide bonds. The fourth-order valence-corrected chi connectivity index (χ4v) is 3.26. The van der Waals surface area contributed by atoms with Gasteiger partial charge in [0, 0.05) is 44.2 Å². The Morgan fingerprint density at radius 2 is 2.11 bits per heavy atom. The number of nitrogens with two attached hydrogens (primary N) is 1. The molecule has 1 fully saturated rings. The van der Waals surface area contributed by atoms with Gasteiger partial charge in [0.2, 0.25) is 0 Å². The van der Waals surface area contributed by atoms with E-state index in [0.29, 0.717) is 5.92 Å². The zero-order chi connectivity index (χ0) is 12.4. The number of hydrogen-bond donors (Lipinski definition) is 1. The predicted molar refractivity (Wildman–Crippen MR) is 70.7 cm³/mol. The standard InChI is InChI=1S/C14H23N3O/c15-7-4-12-14(11-5-9-18-10-6-11)16-13-3-1-2-8-17(12)13/h11H,1-10,15H2. The molecule has 100 valence electrons. The van der Waals surface area contributed by atoms with Crippen LogP contribution in [0, 0.1) is 0 Å². The van der Waals surface area contributed by atoms with Gasteiger partial charge in [0.15, 0.2) is 0 Å². The highest BCUT2D eigenvalue weighted by Crippen LogP contribution is 2.31. The summed E-state index contributed by atoms with van der Waals surface area (Å²) in [5, 5.41) is 0. The molecule has 0 unspecified atom stereocenters. The highest BCUT2D eigenvalue weighted by Gasteiger charge is 2.26. The predicted octanol–water partition coefficient (Wildman–Crippen LogP) is 1.61. The van der Waals surface area contributed by atoms with Gasteiger partial charge in [0.1, 0.15) is 5.82 Å². The SMILES string of the molecule is NCCc1c(C2CCOCC2)nc2n1CCCC2. The van der Waals surface area contributed by atoms with E-state index in [1.807, 2.05) is 0 Å². The lowest BCUT2D eigenvalue weighted by atomic mass is 9.94. The summed E-state index contributed by atoms with van der Waals surface area (Å²) in [5.74, 6) is 1.89. The number of aryl methyl sites for hydroxylation is 1. The minimum atomic E-state index is 0.596. The van der Waals surface area contributed by atoms with Crippen LogP contribution in [0.5, 0.6) is 0 Å². The van der Waals surface area contributed by atoms with E-state index in [9.17, 15) is 0 Å². The van der Waals surface area contributed by atoms with Crippen molar-refractivity contribution in [3.05, 3.63) is 17.2 Å². The summed E-state index contributed by atoms with van der Waals surface area (Å²) in [4.78, 5) is 4.94. The van der Waals surface area contributed by atoms with Crippen molar-refractivity contribution in [3.8, 4) is 0 Å². The van der Waals surface area contributed by atoms with Gasteiger partial charge in [-0.25, -0.2) is 4.98 Å². The third-order valence-corrected chi connectivity index (χ3v) is 4.20. The maximum Gasteiger partial charge on any atom is 0.109 e. The van der Waals surface area contributed by atoms with Crippen LogP contribution < -0.4 is 5.73 Å². The fourth-order valence-electron chi connectivity index (χ4n) is 3.26. The number of imidazole rings is 1. The van der Waals surface area contributed by atoms with Gasteiger partial charge in [0.25, 0.3) is 0 Å². The Hall–Kier alpha value is -0.870. The second kappa shape index (κ2) is 5.41. The first-order valence-corrected chi connectivity index (χ1v) is 7.26. The Morgan fingerprint density at radius 1 is 1.28 bits per heavy atom. The van der Waals surface area contributed by atoms with Gasteiger partial charge in [-0.15, -0.1) is 0 Å². The van der Waals surface area contributed by atoms with Crippen molar-refractivity contribution >= 4 is 0 Å². The number of ether oxygens (including phenoxy) is 1. The fraction of sp³-hybridized carbons (Fsp3) is 0.786. The molecule has 0 bridgehead atoms. The van der Waals surface area contributed by atoms with Gasteiger partial charge < -0.3 is 15.0 Å².